The minimum absolute atomic E-state index is 0.408. The van der Waals surface area contributed by atoms with E-state index in [1.807, 2.05) is 49.4 Å². The van der Waals surface area contributed by atoms with Gasteiger partial charge in [-0.1, -0.05) is 46.3 Å². The molecule has 0 amide bonds. The Morgan fingerprint density at radius 2 is 1.96 bits per heavy atom. The molecule has 0 bridgehead atoms. The molecule has 0 aliphatic heterocycles. The maximum Gasteiger partial charge on any atom is 0.345 e. The maximum absolute atomic E-state index is 12.4. The molecule has 0 aliphatic rings. The lowest BCUT2D eigenvalue weighted by molar-refractivity contribution is 0.561. The van der Waals surface area contributed by atoms with Crippen LogP contribution in [-0.2, 0) is 0 Å². The lowest BCUT2D eigenvalue weighted by Gasteiger charge is -2.03. The molecule has 0 saturated heterocycles. The first kappa shape index (κ1) is 19.0. The largest absolute Gasteiger partial charge is 0.421 e. The third-order valence-electron chi connectivity index (χ3n) is 4.04. The zero-order valence-corrected chi connectivity index (χ0v) is 18.6. The van der Waals surface area contributed by atoms with Crippen molar-refractivity contribution >= 4 is 65.0 Å². The van der Waals surface area contributed by atoms with E-state index in [2.05, 4.69) is 47.4 Å². The number of aromatic nitrogens is 1. The summed E-state index contributed by atoms with van der Waals surface area (Å²) >= 11 is 8.24. The second-order valence-corrected chi connectivity index (χ2v) is 8.59. The summed E-state index contributed by atoms with van der Waals surface area (Å²) in [6.07, 6.45) is 0. The molecule has 140 valence electrons. The number of benzene rings is 2. The van der Waals surface area contributed by atoms with Gasteiger partial charge in [-0.25, -0.2) is 9.78 Å². The van der Waals surface area contributed by atoms with Crippen molar-refractivity contribution < 1.29 is 4.42 Å². The summed E-state index contributed by atoms with van der Waals surface area (Å²) in [7, 11) is 0. The van der Waals surface area contributed by atoms with Gasteiger partial charge in [-0.3, -0.25) is 5.43 Å². The van der Waals surface area contributed by atoms with E-state index in [0.717, 1.165) is 21.1 Å². The molecule has 0 spiro atoms. The molecule has 2 heterocycles. The third-order valence-corrected chi connectivity index (χ3v) is 5.84. The fourth-order valence-electron chi connectivity index (χ4n) is 2.66. The number of anilines is 1. The molecule has 8 heteroatoms. The van der Waals surface area contributed by atoms with E-state index in [0.29, 0.717) is 26.4 Å². The van der Waals surface area contributed by atoms with E-state index in [4.69, 9.17) is 4.42 Å². The topological polar surface area (TPSA) is 67.5 Å². The van der Waals surface area contributed by atoms with Gasteiger partial charge in [0.1, 0.15) is 0 Å². The van der Waals surface area contributed by atoms with Crippen LogP contribution < -0.4 is 11.1 Å². The molecular formula is C20H13Br2N3O2S. The van der Waals surface area contributed by atoms with Crippen LogP contribution in [0.3, 0.4) is 0 Å². The number of nitrogens with one attached hydrogen (secondary N) is 1. The van der Waals surface area contributed by atoms with E-state index in [1.54, 1.807) is 11.4 Å². The molecule has 0 unspecified atom stereocenters. The van der Waals surface area contributed by atoms with Crippen LogP contribution in [-0.4, -0.2) is 10.7 Å². The number of nitrogens with zero attached hydrogens (tertiary/aromatic N) is 2. The summed E-state index contributed by atoms with van der Waals surface area (Å²) in [6, 6.07) is 15.4. The van der Waals surface area contributed by atoms with E-state index >= 15 is 0 Å². The van der Waals surface area contributed by atoms with E-state index in [1.165, 1.54) is 11.3 Å². The molecule has 4 aromatic rings. The summed E-state index contributed by atoms with van der Waals surface area (Å²) in [5, 5.41) is 7.57. The van der Waals surface area contributed by atoms with Gasteiger partial charge in [0, 0.05) is 15.2 Å². The third kappa shape index (κ3) is 3.94. The van der Waals surface area contributed by atoms with Crippen LogP contribution in [0.4, 0.5) is 5.13 Å². The van der Waals surface area contributed by atoms with Crippen LogP contribution in [0.25, 0.3) is 22.2 Å². The fourth-order valence-corrected chi connectivity index (χ4v) is 4.65. The zero-order chi connectivity index (χ0) is 19.7. The summed E-state index contributed by atoms with van der Waals surface area (Å²) < 4.78 is 7.09. The first-order valence-electron chi connectivity index (χ1n) is 8.26. The Morgan fingerprint density at radius 3 is 2.75 bits per heavy atom. The van der Waals surface area contributed by atoms with E-state index in [9.17, 15) is 4.79 Å². The average molecular weight is 519 g/mol. The smallest absolute Gasteiger partial charge is 0.345 e. The highest BCUT2D eigenvalue weighted by atomic mass is 79.9. The van der Waals surface area contributed by atoms with Gasteiger partial charge in [0.15, 0.2) is 5.58 Å². The van der Waals surface area contributed by atoms with Crippen molar-refractivity contribution in [1.82, 2.24) is 4.98 Å². The highest BCUT2D eigenvalue weighted by Gasteiger charge is 2.13. The zero-order valence-electron chi connectivity index (χ0n) is 14.6. The van der Waals surface area contributed by atoms with E-state index < -0.39 is 5.63 Å². The van der Waals surface area contributed by atoms with E-state index in [-0.39, 0.29) is 0 Å². The lowest BCUT2D eigenvalue weighted by atomic mass is 10.1. The molecule has 0 atom stereocenters. The van der Waals surface area contributed by atoms with Crippen molar-refractivity contribution in [2.45, 2.75) is 6.92 Å². The van der Waals surface area contributed by atoms with Gasteiger partial charge < -0.3 is 4.42 Å². The molecule has 5 nitrogen and oxygen atoms in total. The van der Waals surface area contributed by atoms with Gasteiger partial charge in [-0.2, -0.15) is 5.10 Å². The molecular weight excluding hydrogens is 506 g/mol. The predicted octanol–water partition coefficient (Wildman–Crippen LogP) is 6.28. The second kappa shape index (κ2) is 7.98. The molecule has 0 saturated carbocycles. The number of halogens is 2. The minimum atomic E-state index is -0.434. The molecule has 0 radical (unpaired) electrons. The van der Waals surface area contributed by atoms with Gasteiger partial charge >= 0.3 is 5.63 Å². The lowest BCUT2D eigenvalue weighted by Crippen LogP contribution is -2.03. The van der Waals surface area contributed by atoms with Crippen molar-refractivity contribution in [2.75, 3.05) is 5.43 Å². The van der Waals surface area contributed by atoms with Crippen LogP contribution >= 0.6 is 43.2 Å². The van der Waals surface area contributed by atoms with Crippen molar-refractivity contribution in [1.29, 1.82) is 0 Å². The van der Waals surface area contributed by atoms with Gasteiger partial charge in [0.25, 0.3) is 0 Å². The Balaban J connectivity index is 1.64. The second-order valence-electron chi connectivity index (χ2n) is 5.97. The van der Waals surface area contributed by atoms with Gasteiger partial charge in [-0.05, 0) is 46.6 Å². The SMILES string of the molecule is CC(=NNc1nc(-c2cc3cc(Br)cc(Br)c3oc2=O)cs1)c1ccccc1. The van der Waals surface area contributed by atoms with Crippen molar-refractivity contribution in [3.8, 4) is 11.3 Å². The fraction of sp³-hybridized carbons (Fsp3) is 0.0500. The minimum Gasteiger partial charge on any atom is -0.421 e. The first-order chi connectivity index (χ1) is 13.5. The van der Waals surface area contributed by atoms with Crippen molar-refractivity contribution in [3.05, 3.63) is 78.8 Å². The van der Waals surface area contributed by atoms with Crippen LogP contribution in [0.5, 0.6) is 0 Å². The molecule has 2 aromatic carbocycles. The first-order valence-corrected chi connectivity index (χ1v) is 10.7. The standard InChI is InChI=1S/C20H13Br2N3O2S/c1-11(12-5-3-2-4-6-12)24-25-20-23-17(10-28-20)15-8-13-7-14(21)9-16(22)18(13)27-19(15)26/h2-10H,1H3,(H,23,25). The molecule has 4 rings (SSSR count). The summed E-state index contributed by atoms with van der Waals surface area (Å²) in [6.45, 7) is 1.92. The average Bonchev–Trinajstić information content (AvgIpc) is 3.16. The number of fused-ring (bicyclic) bond motifs is 1. The quantitative estimate of drug-likeness (QED) is 0.196. The van der Waals surface area contributed by atoms with Crippen molar-refractivity contribution in [2.24, 2.45) is 5.10 Å². The Morgan fingerprint density at radius 1 is 1.18 bits per heavy atom. The number of hydrazone groups is 1. The van der Waals surface area contributed by atoms with Crippen LogP contribution in [0.15, 0.2) is 77.2 Å². The van der Waals surface area contributed by atoms with Crippen molar-refractivity contribution in [3.63, 3.8) is 0 Å². The Labute approximate surface area is 181 Å². The van der Waals surface area contributed by atoms with Gasteiger partial charge in [0.2, 0.25) is 5.13 Å². The van der Waals surface area contributed by atoms with Crippen LogP contribution in [0.2, 0.25) is 0 Å². The summed E-state index contributed by atoms with van der Waals surface area (Å²) in [5.41, 5.74) is 5.86. The number of hydrogen-bond acceptors (Lipinski definition) is 6. The molecule has 0 fully saturated rings. The Kier molecular flexibility index (Phi) is 5.43. The van der Waals surface area contributed by atoms with Crippen LogP contribution in [0.1, 0.15) is 12.5 Å². The maximum atomic E-state index is 12.4. The molecule has 0 aliphatic carbocycles. The number of rotatable bonds is 4. The van der Waals surface area contributed by atoms with Crippen LogP contribution in [0, 0.1) is 0 Å². The number of hydrogen-bond donors (Lipinski definition) is 1. The highest BCUT2D eigenvalue weighted by molar-refractivity contribution is 9.11. The predicted molar refractivity (Wildman–Crippen MR) is 121 cm³/mol. The number of thiazole rings is 1. The summed E-state index contributed by atoms with van der Waals surface area (Å²) in [5.74, 6) is 0. The van der Waals surface area contributed by atoms with Gasteiger partial charge in [-0.15, -0.1) is 11.3 Å². The normalized spacial score (nSPS) is 11.8. The molecule has 28 heavy (non-hydrogen) atoms. The summed E-state index contributed by atoms with van der Waals surface area (Å²) in [4.78, 5) is 16.9. The highest BCUT2D eigenvalue weighted by Crippen LogP contribution is 2.31. The Hall–Kier alpha value is -2.29. The Bertz CT molecular complexity index is 1250. The monoisotopic (exact) mass is 517 g/mol. The molecule has 2 aromatic heterocycles. The van der Waals surface area contributed by atoms with Gasteiger partial charge in [0.05, 0.1) is 21.4 Å². The molecule has 1 N–H and O–H groups in total.